The summed E-state index contributed by atoms with van der Waals surface area (Å²) in [5.74, 6) is -0.387. The predicted octanol–water partition coefficient (Wildman–Crippen LogP) is 5.60. The Bertz CT molecular complexity index is 1330. The Morgan fingerprint density at radius 1 is 0.970 bits per heavy atom. The van der Waals surface area contributed by atoms with Crippen molar-refractivity contribution in [2.75, 3.05) is 11.9 Å². The van der Waals surface area contributed by atoms with Crippen LogP contribution in [-0.2, 0) is 17.5 Å². The van der Waals surface area contributed by atoms with Crippen LogP contribution in [0.5, 0.6) is 5.75 Å². The lowest BCUT2D eigenvalue weighted by Crippen LogP contribution is -2.22. The molecule has 3 aromatic carbocycles. The van der Waals surface area contributed by atoms with Gasteiger partial charge in [-0.15, -0.1) is 0 Å². The molecule has 0 aliphatic carbocycles. The van der Waals surface area contributed by atoms with Crippen LogP contribution in [0, 0.1) is 0 Å². The predicted molar refractivity (Wildman–Crippen MR) is 122 cm³/mol. The zero-order valence-electron chi connectivity index (χ0n) is 17.8. The quantitative estimate of drug-likeness (QED) is 0.386. The number of ether oxygens (including phenoxy) is 1. The van der Waals surface area contributed by atoms with Crippen LogP contribution in [0.2, 0.25) is 0 Å². The number of alkyl halides is 3. The maximum Gasteiger partial charge on any atom is 0.416 e. The average Bonchev–Trinajstić information content (AvgIpc) is 2.80. The molecule has 8 heteroatoms. The van der Waals surface area contributed by atoms with Crippen molar-refractivity contribution in [3.05, 3.63) is 82.5 Å². The van der Waals surface area contributed by atoms with Gasteiger partial charge in [-0.05, 0) is 48.9 Å². The van der Waals surface area contributed by atoms with Gasteiger partial charge in [0, 0.05) is 10.8 Å². The second kappa shape index (κ2) is 8.97. The van der Waals surface area contributed by atoms with Crippen molar-refractivity contribution >= 4 is 33.4 Å². The lowest BCUT2D eigenvalue weighted by Gasteiger charge is -2.17. The molecular weight excluding hydrogens is 433 g/mol. The van der Waals surface area contributed by atoms with Gasteiger partial charge in [-0.2, -0.15) is 13.2 Å². The number of hydrogen-bond acceptors (Lipinski definition) is 3. The number of rotatable bonds is 6. The number of para-hydroxylation sites is 2. The molecule has 1 N–H and O–H groups in total. The molecule has 170 valence electrons. The summed E-state index contributed by atoms with van der Waals surface area (Å²) >= 11 is 0. The second-order valence-corrected chi connectivity index (χ2v) is 7.55. The molecule has 5 nitrogen and oxygen atoms in total. The minimum Gasteiger partial charge on any atom is -0.491 e. The summed E-state index contributed by atoms with van der Waals surface area (Å²) in [5, 5.41) is 3.47. The van der Waals surface area contributed by atoms with Crippen LogP contribution in [0.4, 0.5) is 18.9 Å². The fourth-order valence-electron chi connectivity index (χ4n) is 3.72. The number of aromatic nitrogens is 1. The van der Waals surface area contributed by atoms with Crippen LogP contribution >= 0.6 is 0 Å². The van der Waals surface area contributed by atoms with E-state index in [2.05, 4.69) is 5.32 Å². The summed E-state index contributed by atoms with van der Waals surface area (Å²) in [5.41, 5.74) is 0.0236. The van der Waals surface area contributed by atoms with E-state index in [0.29, 0.717) is 34.8 Å². The van der Waals surface area contributed by atoms with E-state index >= 15 is 0 Å². The highest BCUT2D eigenvalue weighted by Gasteiger charge is 2.31. The van der Waals surface area contributed by atoms with Gasteiger partial charge in [-0.1, -0.05) is 31.2 Å². The number of anilines is 1. The number of carbonyl (C=O) groups excluding carboxylic acids is 1. The number of carbonyl (C=O) groups is 1. The molecule has 4 aromatic rings. The fourth-order valence-corrected chi connectivity index (χ4v) is 3.72. The van der Waals surface area contributed by atoms with Crippen LogP contribution in [0.3, 0.4) is 0 Å². The van der Waals surface area contributed by atoms with E-state index in [1.807, 2.05) is 6.92 Å². The number of pyridine rings is 1. The fraction of sp³-hybridized carbons (Fsp3) is 0.200. The maximum absolute atomic E-state index is 13.2. The monoisotopic (exact) mass is 454 g/mol. The number of hydrogen-bond donors (Lipinski definition) is 1. The number of halogens is 3. The van der Waals surface area contributed by atoms with E-state index in [1.54, 1.807) is 53.1 Å². The molecule has 0 saturated heterocycles. The van der Waals surface area contributed by atoms with Gasteiger partial charge in [0.1, 0.15) is 12.3 Å². The normalized spacial score (nSPS) is 11.6. The van der Waals surface area contributed by atoms with Crippen molar-refractivity contribution in [2.45, 2.75) is 26.1 Å². The summed E-state index contributed by atoms with van der Waals surface area (Å²) in [6, 6.07) is 16.8. The van der Waals surface area contributed by atoms with Crippen LogP contribution in [-0.4, -0.2) is 17.1 Å². The zero-order valence-corrected chi connectivity index (χ0v) is 17.8. The van der Waals surface area contributed by atoms with E-state index in [4.69, 9.17) is 4.74 Å². The Morgan fingerprint density at radius 3 is 2.15 bits per heavy atom. The van der Waals surface area contributed by atoms with Crippen molar-refractivity contribution in [2.24, 2.45) is 0 Å². The molecule has 1 amide bonds. The number of fused-ring (bicyclic) bond motifs is 2. The van der Waals surface area contributed by atoms with Crippen molar-refractivity contribution in [3.63, 3.8) is 0 Å². The highest BCUT2D eigenvalue weighted by molar-refractivity contribution is 5.97. The van der Waals surface area contributed by atoms with E-state index < -0.39 is 17.6 Å². The average molecular weight is 454 g/mol. The maximum atomic E-state index is 13.2. The topological polar surface area (TPSA) is 60.3 Å². The van der Waals surface area contributed by atoms with Crippen molar-refractivity contribution in [1.82, 2.24) is 4.57 Å². The Hall–Kier alpha value is -3.81. The molecular formula is C25H21F3N2O3. The van der Waals surface area contributed by atoms with Crippen LogP contribution in [0.1, 0.15) is 18.9 Å². The van der Waals surface area contributed by atoms with Crippen LogP contribution < -0.4 is 15.5 Å². The SMILES string of the molecule is CCCOc1ccc(C(F)(F)F)cc1NC(=O)Cn1c2ccccc2c(=O)c2ccccc21. The second-order valence-electron chi connectivity index (χ2n) is 7.55. The summed E-state index contributed by atoms with van der Waals surface area (Å²) < 4.78 is 46.9. The molecule has 0 fully saturated rings. The summed E-state index contributed by atoms with van der Waals surface area (Å²) in [6.07, 6.45) is -3.91. The van der Waals surface area contributed by atoms with Gasteiger partial charge in [-0.25, -0.2) is 0 Å². The summed E-state index contributed by atoms with van der Waals surface area (Å²) in [6.45, 7) is 1.96. The smallest absolute Gasteiger partial charge is 0.416 e. The minimum atomic E-state index is -4.56. The highest BCUT2D eigenvalue weighted by Crippen LogP contribution is 2.35. The third-order valence-electron chi connectivity index (χ3n) is 5.22. The first-order valence-corrected chi connectivity index (χ1v) is 10.4. The van der Waals surface area contributed by atoms with Gasteiger partial charge >= 0.3 is 6.18 Å². The number of nitrogens with one attached hydrogen (secondary N) is 1. The van der Waals surface area contributed by atoms with Gasteiger partial charge < -0.3 is 14.6 Å². The lowest BCUT2D eigenvalue weighted by molar-refractivity contribution is -0.137. The number of benzene rings is 3. The van der Waals surface area contributed by atoms with Crippen LogP contribution in [0.15, 0.2) is 71.5 Å². The number of amides is 1. The van der Waals surface area contributed by atoms with E-state index in [0.717, 1.165) is 12.1 Å². The molecule has 0 unspecified atom stereocenters. The van der Waals surface area contributed by atoms with Gasteiger partial charge in [0.25, 0.3) is 0 Å². The van der Waals surface area contributed by atoms with Gasteiger partial charge in [0.2, 0.25) is 5.91 Å². The Balaban J connectivity index is 1.74. The van der Waals surface area contributed by atoms with Crippen LogP contribution in [0.25, 0.3) is 21.8 Å². The molecule has 33 heavy (non-hydrogen) atoms. The standard InChI is InChI=1S/C25H21F3N2O3/c1-2-13-33-22-12-11-16(25(26,27)28)14-19(22)29-23(31)15-30-20-9-5-3-7-17(20)24(32)18-8-4-6-10-21(18)30/h3-12,14H,2,13,15H2,1H3,(H,29,31). The molecule has 1 heterocycles. The first-order valence-electron chi connectivity index (χ1n) is 10.4. The molecule has 0 saturated carbocycles. The van der Waals surface area contributed by atoms with Gasteiger partial charge in [-0.3, -0.25) is 9.59 Å². The summed E-state index contributed by atoms with van der Waals surface area (Å²) in [7, 11) is 0. The molecule has 0 atom stereocenters. The molecule has 4 rings (SSSR count). The number of nitrogens with zero attached hydrogens (tertiary/aromatic N) is 1. The van der Waals surface area contributed by atoms with Crippen molar-refractivity contribution in [1.29, 1.82) is 0 Å². The molecule has 0 bridgehead atoms. The first kappa shape index (κ1) is 22.4. The summed E-state index contributed by atoms with van der Waals surface area (Å²) in [4.78, 5) is 25.9. The Morgan fingerprint density at radius 2 is 1.58 bits per heavy atom. The van der Waals surface area contributed by atoms with E-state index in [-0.39, 0.29) is 23.4 Å². The van der Waals surface area contributed by atoms with Gasteiger partial charge in [0.15, 0.2) is 5.43 Å². The third kappa shape index (κ3) is 4.55. The molecule has 0 aliphatic rings. The molecule has 1 aromatic heterocycles. The zero-order chi connectivity index (χ0) is 23.6. The molecule has 0 radical (unpaired) electrons. The van der Waals surface area contributed by atoms with Gasteiger partial charge in [0.05, 0.1) is 28.9 Å². The van der Waals surface area contributed by atoms with Crippen molar-refractivity contribution in [3.8, 4) is 5.75 Å². The third-order valence-corrected chi connectivity index (χ3v) is 5.22. The van der Waals surface area contributed by atoms with Crippen molar-refractivity contribution < 1.29 is 22.7 Å². The minimum absolute atomic E-state index is 0.0575. The highest BCUT2D eigenvalue weighted by atomic mass is 19.4. The Kier molecular flexibility index (Phi) is 6.09. The Labute approximate surface area is 187 Å². The molecule has 0 aliphatic heterocycles. The first-order chi connectivity index (χ1) is 15.8. The lowest BCUT2D eigenvalue weighted by atomic mass is 10.1. The molecule has 0 spiro atoms. The largest absolute Gasteiger partial charge is 0.491 e. The van der Waals surface area contributed by atoms with E-state index in [1.165, 1.54) is 6.07 Å². The van der Waals surface area contributed by atoms with E-state index in [9.17, 15) is 22.8 Å².